The molecular weight excluding hydrogens is 286 g/mol. The van der Waals surface area contributed by atoms with Crippen LogP contribution in [0.5, 0.6) is 0 Å². The van der Waals surface area contributed by atoms with Crippen molar-refractivity contribution in [1.29, 1.82) is 0 Å². The van der Waals surface area contributed by atoms with Crippen LogP contribution < -0.4 is 5.32 Å². The Kier molecular flexibility index (Phi) is 3.23. The van der Waals surface area contributed by atoms with E-state index in [0.29, 0.717) is 0 Å². The lowest BCUT2D eigenvalue weighted by atomic mass is 9.93. The van der Waals surface area contributed by atoms with Crippen molar-refractivity contribution in [2.45, 2.75) is 26.7 Å². The van der Waals surface area contributed by atoms with Gasteiger partial charge in [-0.25, -0.2) is 0 Å². The van der Waals surface area contributed by atoms with Gasteiger partial charge in [0.25, 0.3) is 0 Å². The van der Waals surface area contributed by atoms with E-state index in [9.17, 15) is 0 Å². The number of halogens is 1. The van der Waals surface area contributed by atoms with Crippen LogP contribution in [-0.2, 0) is 0 Å². The zero-order valence-electron chi connectivity index (χ0n) is 11.0. The Morgan fingerprint density at radius 2 is 1.89 bits per heavy atom. The Hall–Kier alpha value is -0.760. The molecular formula is C16H20BrN. The molecule has 0 aliphatic heterocycles. The number of rotatable bonds is 3. The number of hydrogen-bond acceptors (Lipinski definition) is 1. The topological polar surface area (TPSA) is 12.0 Å². The summed E-state index contributed by atoms with van der Waals surface area (Å²) in [5, 5.41) is 3.68. The first-order chi connectivity index (χ1) is 8.63. The molecule has 0 amide bonds. The number of hydrogen-bond donors (Lipinski definition) is 1. The third-order valence-electron chi connectivity index (χ3n) is 4.45. The molecule has 2 heteroatoms. The van der Waals surface area contributed by atoms with E-state index in [0.717, 1.165) is 24.3 Å². The molecule has 3 rings (SSSR count). The van der Waals surface area contributed by atoms with Crippen LogP contribution >= 0.6 is 15.9 Å². The van der Waals surface area contributed by atoms with Gasteiger partial charge in [-0.3, -0.25) is 0 Å². The molecule has 0 saturated heterocycles. The van der Waals surface area contributed by atoms with Crippen LogP contribution in [0.3, 0.4) is 0 Å². The van der Waals surface area contributed by atoms with E-state index in [1.54, 1.807) is 0 Å². The Balaban J connectivity index is 1.69. The second-order valence-corrected chi connectivity index (χ2v) is 6.75. The predicted octanol–water partition coefficient (Wildman–Crippen LogP) is 4.69. The van der Waals surface area contributed by atoms with Crippen LogP contribution in [0.15, 0.2) is 28.8 Å². The van der Waals surface area contributed by atoms with Gasteiger partial charge in [0.15, 0.2) is 0 Å². The number of nitrogens with one attached hydrogen (secondary N) is 1. The maximum atomic E-state index is 3.68. The Bertz CT molecular complexity index is 469. The fraction of sp³-hybridized carbons (Fsp3) is 0.500. The number of benzene rings is 1. The first-order valence-electron chi connectivity index (χ1n) is 6.82. The fourth-order valence-corrected chi connectivity index (χ4v) is 4.24. The third kappa shape index (κ3) is 2.23. The second-order valence-electron chi connectivity index (χ2n) is 5.84. The minimum atomic E-state index is 0.832. The number of fused-ring (bicyclic) bond motifs is 2. The van der Waals surface area contributed by atoms with Crippen molar-refractivity contribution < 1.29 is 0 Å². The van der Waals surface area contributed by atoms with Gasteiger partial charge >= 0.3 is 0 Å². The monoisotopic (exact) mass is 305 g/mol. The molecule has 0 heterocycles. The van der Waals surface area contributed by atoms with Crippen LogP contribution in [0.1, 0.15) is 24.0 Å². The highest BCUT2D eigenvalue weighted by Gasteiger charge is 2.35. The van der Waals surface area contributed by atoms with Crippen molar-refractivity contribution in [2.75, 3.05) is 11.9 Å². The molecule has 1 aromatic carbocycles. The molecule has 2 bridgehead atoms. The molecule has 96 valence electrons. The van der Waals surface area contributed by atoms with Crippen LogP contribution in [0.2, 0.25) is 0 Å². The zero-order chi connectivity index (χ0) is 12.7. The van der Waals surface area contributed by atoms with Crippen molar-refractivity contribution in [3.63, 3.8) is 0 Å². The van der Waals surface area contributed by atoms with E-state index >= 15 is 0 Å². The normalized spacial score (nSPS) is 28.9. The van der Waals surface area contributed by atoms with Gasteiger partial charge in [-0.05, 0) is 67.7 Å². The summed E-state index contributed by atoms with van der Waals surface area (Å²) in [6.45, 7) is 5.48. The van der Waals surface area contributed by atoms with Crippen molar-refractivity contribution >= 4 is 21.6 Å². The lowest BCUT2D eigenvalue weighted by Gasteiger charge is -2.21. The summed E-state index contributed by atoms with van der Waals surface area (Å²) >= 11 is 3.55. The average molecular weight is 306 g/mol. The lowest BCUT2D eigenvalue weighted by molar-refractivity contribution is 0.472. The first-order valence-corrected chi connectivity index (χ1v) is 7.61. The van der Waals surface area contributed by atoms with Gasteiger partial charge < -0.3 is 5.32 Å². The van der Waals surface area contributed by atoms with Crippen LogP contribution in [0.25, 0.3) is 0 Å². The smallest absolute Gasteiger partial charge is 0.0400 e. The molecule has 0 radical (unpaired) electrons. The summed E-state index contributed by atoms with van der Waals surface area (Å²) in [7, 11) is 0. The molecule has 0 aromatic heterocycles. The van der Waals surface area contributed by atoms with E-state index in [1.165, 1.54) is 34.1 Å². The van der Waals surface area contributed by atoms with E-state index in [1.807, 2.05) is 0 Å². The first kappa shape index (κ1) is 12.3. The number of aryl methyl sites for hydroxylation is 2. The zero-order valence-corrected chi connectivity index (χ0v) is 12.6. The van der Waals surface area contributed by atoms with E-state index in [2.05, 4.69) is 59.4 Å². The molecule has 2 aliphatic carbocycles. The highest BCUT2D eigenvalue weighted by atomic mass is 79.9. The van der Waals surface area contributed by atoms with Gasteiger partial charge in [-0.1, -0.05) is 28.1 Å². The third-order valence-corrected chi connectivity index (χ3v) is 4.91. The van der Waals surface area contributed by atoms with Crippen molar-refractivity contribution in [3.8, 4) is 0 Å². The van der Waals surface area contributed by atoms with Crippen LogP contribution in [-0.4, -0.2) is 6.54 Å². The standard InChI is InChI=1S/C16H20BrN/c1-10-5-15(17)6-11(2)16(10)18-9-14-8-12-3-4-13(14)7-12/h3-6,12-14,18H,7-9H2,1-2H3. The van der Waals surface area contributed by atoms with Gasteiger partial charge in [0.1, 0.15) is 0 Å². The van der Waals surface area contributed by atoms with Crippen molar-refractivity contribution in [3.05, 3.63) is 39.9 Å². The summed E-state index contributed by atoms with van der Waals surface area (Å²) in [5.74, 6) is 2.54. The summed E-state index contributed by atoms with van der Waals surface area (Å²) in [4.78, 5) is 0. The van der Waals surface area contributed by atoms with Gasteiger partial charge in [0.05, 0.1) is 0 Å². The maximum absolute atomic E-state index is 3.68. The van der Waals surface area contributed by atoms with Gasteiger partial charge in [-0.2, -0.15) is 0 Å². The number of anilines is 1. The molecule has 0 spiro atoms. The van der Waals surface area contributed by atoms with Crippen LogP contribution in [0, 0.1) is 31.6 Å². The molecule has 18 heavy (non-hydrogen) atoms. The lowest BCUT2D eigenvalue weighted by Crippen LogP contribution is -2.19. The van der Waals surface area contributed by atoms with Gasteiger partial charge in [0, 0.05) is 16.7 Å². The molecule has 2 aliphatic rings. The Morgan fingerprint density at radius 3 is 2.44 bits per heavy atom. The SMILES string of the molecule is Cc1cc(Br)cc(C)c1NCC1CC2C=CC1C2. The summed E-state index contributed by atoms with van der Waals surface area (Å²) in [5.41, 5.74) is 3.99. The maximum Gasteiger partial charge on any atom is 0.0400 e. The molecule has 3 unspecified atom stereocenters. The quantitative estimate of drug-likeness (QED) is 0.799. The summed E-state index contributed by atoms with van der Waals surface area (Å²) in [6, 6.07) is 4.38. The molecule has 1 fully saturated rings. The fourth-order valence-electron chi connectivity index (χ4n) is 3.55. The molecule has 1 N–H and O–H groups in total. The molecule has 1 nitrogen and oxygen atoms in total. The second kappa shape index (κ2) is 4.73. The van der Waals surface area contributed by atoms with Crippen molar-refractivity contribution in [2.24, 2.45) is 17.8 Å². The molecule has 1 saturated carbocycles. The summed E-state index contributed by atoms with van der Waals surface area (Å²) in [6.07, 6.45) is 7.62. The molecule has 3 atom stereocenters. The average Bonchev–Trinajstić information content (AvgIpc) is 2.89. The summed E-state index contributed by atoms with van der Waals surface area (Å²) < 4.78 is 1.17. The minimum absolute atomic E-state index is 0.832. The minimum Gasteiger partial charge on any atom is -0.384 e. The van der Waals surface area contributed by atoms with Gasteiger partial charge in [0.2, 0.25) is 0 Å². The van der Waals surface area contributed by atoms with E-state index < -0.39 is 0 Å². The predicted molar refractivity (Wildman–Crippen MR) is 80.9 cm³/mol. The highest BCUT2D eigenvalue weighted by Crippen LogP contribution is 2.43. The largest absolute Gasteiger partial charge is 0.384 e. The van der Waals surface area contributed by atoms with E-state index in [-0.39, 0.29) is 0 Å². The van der Waals surface area contributed by atoms with Crippen molar-refractivity contribution in [1.82, 2.24) is 0 Å². The van der Waals surface area contributed by atoms with Gasteiger partial charge in [-0.15, -0.1) is 0 Å². The number of allylic oxidation sites excluding steroid dienone is 2. The highest BCUT2D eigenvalue weighted by molar-refractivity contribution is 9.10. The Morgan fingerprint density at radius 1 is 1.17 bits per heavy atom. The van der Waals surface area contributed by atoms with Crippen LogP contribution in [0.4, 0.5) is 5.69 Å². The Labute approximate surface area is 118 Å². The van der Waals surface area contributed by atoms with E-state index in [4.69, 9.17) is 0 Å². The molecule has 1 aromatic rings.